The highest BCUT2D eigenvalue weighted by atomic mass is 79.9. The van der Waals surface area contributed by atoms with Crippen LogP contribution in [-0.4, -0.2) is 16.8 Å². The molecule has 0 fully saturated rings. The summed E-state index contributed by atoms with van der Waals surface area (Å²) in [6.45, 7) is 1.90. The minimum Gasteiger partial charge on any atom is -0.505 e. The number of nitrogens with two attached hydrogens (primary N) is 1. The fourth-order valence-corrected chi connectivity index (χ4v) is 1.61. The number of aryl methyl sites for hydroxylation is 1. The molecule has 3 nitrogen and oxygen atoms in total. The second-order valence-corrected chi connectivity index (χ2v) is 3.97. The van der Waals surface area contributed by atoms with Crippen molar-refractivity contribution in [3.63, 3.8) is 0 Å². The first-order valence-electron chi connectivity index (χ1n) is 3.92. The average molecular weight is 278 g/mol. The van der Waals surface area contributed by atoms with E-state index in [-0.39, 0.29) is 17.5 Å². The van der Waals surface area contributed by atoms with Gasteiger partial charge in [0, 0.05) is 0 Å². The van der Waals surface area contributed by atoms with Crippen molar-refractivity contribution in [3.05, 3.63) is 22.2 Å². The normalized spacial score (nSPS) is 11.8. The molecule has 3 N–H and O–H groups in total. The van der Waals surface area contributed by atoms with E-state index in [4.69, 9.17) is 17.3 Å². The molecular weight excluding hydrogens is 267 g/mol. The van der Waals surface area contributed by atoms with Crippen LogP contribution in [0.15, 0.2) is 21.6 Å². The Morgan fingerprint density at radius 3 is 2.86 bits per heavy atom. The van der Waals surface area contributed by atoms with Gasteiger partial charge >= 0.3 is 0 Å². The maximum absolute atomic E-state index is 9.61. The zero-order valence-corrected chi connectivity index (χ0v) is 9.93. The lowest BCUT2D eigenvalue weighted by molar-refractivity contribution is 0.473. The van der Waals surface area contributed by atoms with E-state index in [0.717, 1.165) is 5.56 Å². The molecule has 0 aromatic heterocycles. The number of rotatable bonds is 2. The molecule has 0 amide bonds. The number of hydrogen-bond donors (Lipinski definition) is 2. The number of halogens is 2. The van der Waals surface area contributed by atoms with E-state index >= 15 is 0 Å². The molecule has 1 rings (SSSR count). The fraction of sp³-hybridized carbons (Fsp3) is 0.222. The van der Waals surface area contributed by atoms with E-state index in [1.165, 1.54) is 0 Å². The lowest BCUT2D eigenvalue weighted by Crippen LogP contribution is -2.12. The molecule has 0 aliphatic rings. The summed E-state index contributed by atoms with van der Waals surface area (Å²) in [5.74, 6) is 0.494. The SMILES string of the molecule is Cc1cc(Br)c(O)c(N=C(N)CCl)c1. The van der Waals surface area contributed by atoms with Crippen LogP contribution in [0.4, 0.5) is 5.69 Å². The van der Waals surface area contributed by atoms with Crippen LogP contribution in [0.2, 0.25) is 0 Å². The molecular formula is C9H10BrClN2O. The first kappa shape index (κ1) is 11.3. The number of alkyl halides is 1. The van der Waals surface area contributed by atoms with Crippen molar-refractivity contribution in [2.24, 2.45) is 10.7 Å². The zero-order valence-electron chi connectivity index (χ0n) is 7.59. The second kappa shape index (κ2) is 4.66. The number of amidine groups is 1. The number of phenolic OH excluding ortho intramolecular Hbond substituents is 1. The number of aromatic hydroxyl groups is 1. The largest absolute Gasteiger partial charge is 0.505 e. The van der Waals surface area contributed by atoms with E-state index < -0.39 is 0 Å². The van der Waals surface area contributed by atoms with Crippen LogP contribution in [0, 0.1) is 6.92 Å². The molecule has 1 aromatic carbocycles. The molecule has 0 unspecified atom stereocenters. The molecule has 0 radical (unpaired) electrons. The Morgan fingerprint density at radius 2 is 2.29 bits per heavy atom. The number of benzene rings is 1. The average Bonchev–Trinajstić information content (AvgIpc) is 2.13. The lowest BCUT2D eigenvalue weighted by atomic mass is 10.2. The van der Waals surface area contributed by atoms with Gasteiger partial charge in [-0.1, -0.05) is 0 Å². The zero-order chi connectivity index (χ0) is 10.7. The van der Waals surface area contributed by atoms with Gasteiger partial charge in [-0.3, -0.25) is 0 Å². The smallest absolute Gasteiger partial charge is 0.155 e. The van der Waals surface area contributed by atoms with E-state index in [0.29, 0.717) is 10.2 Å². The van der Waals surface area contributed by atoms with E-state index in [1.54, 1.807) is 12.1 Å². The molecule has 0 aliphatic carbocycles. The highest BCUT2D eigenvalue weighted by Gasteiger charge is 2.05. The summed E-state index contributed by atoms with van der Waals surface area (Å²) in [4.78, 5) is 3.98. The van der Waals surface area contributed by atoms with Crippen LogP contribution in [0.1, 0.15) is 5.56 Å². The Labute approximate surface area is 95.7 Å². The van der Waals surface area contributed by atoms with Crippen LogP contribution < -0.4 is 5.73 Å². The van der Waals surface area contributed by atoms with Gasteiger partial charge in [-0.2, -0.15) is 0 Å². The van der Waals surface area contributed by atoms with Gasteiger partial charge in [0.05, 0.1) is 10.4 Å². The summed E-state index contributed by atoms with van der Waals surface area (Å²) in [5.41, 5.74) is 6.87. The monoisotopic (exact) mass is 276 g/mol. The van der Waals surface area contributed by atoms with Crippen molar-refractivity contribution in [1.82, 2.24) is 0 Å². The molecule has 14 heavy (non-hydrogen) atoms. The molecule has 0 heterocycles. The highest BCUT2D eigenvalue weighted by molar-refractivity contribution is 9.10. The van der Waals surface area contributed by atoms with Crippen molar-refractivity contribution in [1.29, 1.82) is 0 Å². The minimum absolute atomic E-state index is 0.0728. The number of phenols is 1. The summed E-state index contributed by atoms with van der Waals surface area (Å²) < 4.78 is 0.596. The Kier molecular flexibility index (Phi) is 3.77. The fourth-order valence-electron chi connectivity index (χ4n) is 0.986. The molecule has 0 spiro atoms. The van der Waals surface area contributed by atoms with Gasteiger partial charge in [-0.05, 0) is 40.5 Å². The van der Waals surface area contributed by atoms with Crippen molar-refractivity contribution in [2.45, 2.75) is 6.92 Å². The Hall–Kier alpha value is -0.740. The van der Waals surface area contributed by atoms with Gasteiger partial charge in [-0.15, -0.1) is 11.6 Å². The van der Waals surface area contributed by atoms with E-state index in [9.17, 15) is 5.11 Å². The maximum atomic E-state index is 9.61. The van der Waals surface area contributed by atoms with Crippen LogP contribution in [0.25, 0.3) is 0 Å². The van der Waals surface area contributed by atoms with Crippen molar-refractivity contribution in [3.8, 4) is 5.75 Å². The van der Waals surface area contributed by atoms with Crippen LogP contribution in [-0.2, 0) is 0 Å². The Balaban J connectivity index is 3.21. The number of nitrogens with zero attached hydrogens (tertiary/aromatic N) is 1. The van der Waals surface area contributed by atoms with Crippen molar-refractivity contribution in [2.75, 3.05) is 5.88 Å². The van der Waals surface area contributed by atoms with Gasteiger partial charge in [0.25, 0.3) is 0 Å². The maximum Gasteiger partial charge on any atom is 0.155 e. The van der Waals surface area contributed by atoms with Gasteiger partial charge in [-0.25, -0.2) is 4.99 Å². The molecule has 76 valence electrons. The van der Waals surface area contributed by atoms with E-state index in [1.807, 2.05) is 6.92 Å². The number of aliphatic imine (C=N–C) groups is 1. The van der Waals surface area contributed by atoms with Gasteiger partial charge in [0.2, 0.25) is 0 Å². The first-order chi connectivity index (χ1) is 6.54. The Bertz CT molecular complexity index is 379. The van der Waals surface area contributed by atoms with E-state index in [2.05, 4.69) is 20.9 Å². The minimum atomic E-state index is 0.0728. The third-order valence-corrected chi connectivity index (χ3v) is 2.47. The first-order valence-corrected chi connectivity index (χ1v) is 5.25. The second-order valence-electron chi connectivity index (χ2n) is 2.85. The highest BCUT2D eigenvalue weighted by Crippen LogP contribution is 2.35. The molecule has 0 saturated heterocycles. The van der Waals surface area contributed by atoms with Gasteiger partial charge in [0.1, 0.15) is 11.5 Å². The van der Waals surface area contributed by atoms with Crippen LogP contribution in [0.5, 0.6) is 5.75 Å². The standard InChI is InChI=1S/C9H10BrClN2O/c1-5-2-6(10)9(14)7(3-5)13-8(12)4-11/h2-3,14H,4H2,1H3,(H2,12,13). The Morgan fingerprint density at radius 1 is 1.64 bits per heavy atom. The predicted molar refractivity (Wildman–Crippen MR) is 62.5 cm³/mol. The quantitative estimate of drug-likeness (QED) is 0.496. The lowest BCUT2D eigenvalue weighted by Gasteiger charge is -2.04. The summed E-state index contributed by atoms with van der Waals surface area (Å²) in [5, 5.41) is 9.61. The molecule has 5 heteroatoms. The molecule has 0 aliphatic heterocycles. The summed E-state index contributed by atoms with van der Waals surface area (Å²) in [6.07, 6.45) is 0. The third-order valence-electron chi connectivity index (χ3n) is 1.59. The van der Waals surface area contributed by atoms with Crippen LogP contribution in [0.3, 0.4) is 0 Å². The topological polar surface area (TPSA) is 58.6 Å². The summed E-state index contributed by atoms with van der Waals surface area (Å²) in [6, 6.07) is 3.53. The third kappa shape index (κ3) is 2.62. The summed E-state index contributed by atoms with van der Waals surface area (Å²) in [7, 11) is 0. The van der Waals surface area contributed by atoms with Gasteiger partial charge in [0.15, 0.2) is 5.75 Å². The predicted octanol–water partition coefficient (Wildman–Crippen LogP) is 2.69. The van der Waals surface area contributed by atoms with Gasteiger partial charge < -0.3 is 10.8 Å². The number of hydrogen-bond acceptors (Lipinski definition) is 2. The van der Waals surface area contributed by atoms with Crippen LogP contribution >= 0.6 is 27.5 Å². The van der Waals surface area contributed by atoms with Crippen molar-refractivity contribution >= 4 is 39.1 Å². The molecule has 0 saturated carbocycles. The summed E-state index contributed by atoms with van der Waals surface area (Å²) >= 11 is 8.70. The molecule has 0 atom stereocenters. The van der Waals surface area contributed by atoms with Crippen molar-refractivity contribution < 1.29 is 5.11 Å². The molecule has 1 aromatic rings. The molecule has 0 bridgehead atoms.